The molecule has 1 N–H and O–H groups in total. The molecule has 1 aliphatic heterocycles. The van der Waals surface area contributed by atoms with Crippen molar-refractivity contribution >= 4 is 56.3 Å². The lowest BCUT2D eigenvalue weighted by atomic mass is 10.1. The van der Waals surface area contributed by atoms with Crippen LogP contribution in [0.1, 0.15) is 49.9 Å². The molecule has 0 radical (unpaired) electrons. The van der Waals surface area contributed by atoms with Crippen molar-refractivity contribution in [3.63, 3.8) is 0 Å². The maximum atomic E-state index is 12.9. The van der Waals surface area contributed by atoms with E-state index in [1.54, 1.807) is 17.0 Å². The van der Waals surface area contributed by atoms with E-state index in [9.17, 15) is 18.4 Å². The average molecular weight is 586 g/mol. The van der Waals surface area contributed by atoms with Gasteiger partial charge in [0.05, 0.1) is 23.6 Å². The number of carbonyl (C=O) groups excluding carboxylic acids is 2. The molecule has 3 aromatic rings. The molecule has 4 rings (SSSR count). The monoisotopic (exact) mass is 584 g/mol. The first-order valence-corrected chi connectivity index (χ1v) is 12.2. The molecule has 2 heterocycles. The number of carbonyl (C=O) groups is 2. The zero-order valence-corrected chi connectivity index (χ0v) is 22.3. The summed E-state index contributed by atoms with van der Waals surface area (Å²) in [7, 11) is 0. The fourth-order valence-corrected chi connectivity index (χ4v) is 4.72. The number of imidazole rings is 1. The van der Waals surface area contributed by atoms with Crippen LogP contribution in [0.5, 0.6) is 5.75 Å². The molecule has 0 aliphatic carbocycles. The molecule has 8 nitrogen and oxygen atoms in total. The minimum Gasteiger partial charge on any atom is -0.444 e. The summed E-state index contributed by atoms with van der Waals surface area (Å²) in [6.07, 6.45) is -0.405. The highest BCUT2D eigenvalue weighted by Crippen LogP contribution is 2.34. The van der Waals surface area contributed by atoms with Gasteiger partial charge in [-0.05, 0) is 80.0 Å². The molecule has 0 fully saturated rings. The van der Waals surface area contributed by atoms with Crippen LogP contribution < -0.4 is 10.1 Å². The number of rotatable bonds is 4. The molecular weight excluding hydrogens is 562 g/mol. The summed E-state index contributed by atoms with van der Waals surface area (Å²) >= 11 is 8.33. The van der Waals surface area contributed by atoms with Crippen molar-refractivity contribution in [2.24, 2.45) is 0 Å². The van der Waals surface area contributed by atoms with E-state index in [0.717, 1.165) is 5.52 Å². The second kappa shape index (κ2) is 9.51. The fraction of sp³-hybridized carbons (Fsp3) is 0.375. The summed E-state index contributed by atoms with van der Waals surface area (Å²) in [6.45, 7) is 8.17. The van der Waals surface area contributed by atoms with Gasteiger partial charge in [0.2, 0.25) is 0 Å². The standard InChI is InChI=1S/C24H24BrClF2N4O4/c1-13-11-31(22(34)36-23(2,3)4)12-19-30-18-10-14(9-17(25)20(18)32(13)19)21(33)29-15-5-7-16(8-6-15)35-24(26,27)28/h5-10,13H,11-12H2,1-4H3,(H,29,33)/t13-/m1/s1. The summed E-state index contributed by atoms with van der Waals surface area (Å²) < 4.78 is 38.1. The number of hydrogen-bond donors (Lipinski definition) is 1. The fourth-order valence-electron chi connectivity index (χ4n) is 3.99. The normalized spacial score (nSPS) is 16.0. The van der Waals surface area contributed by atoms with E-state index in [1.165, 1.54) is 24.3 Å². The van der Waals surface area contributed by atoms with Gasteiger partial charge in [-0.3, -0.25) is 9.69 Å². The van der Waals surface area contributed by atoms with Crippen LogP contribution in [0.2, 0.25) is 0 Å². The number of nitrogens with one attached hydrogen (secondary N) is 1. The van der Waals surface area contributed by atoms with E-state index in [4.69, 9.17) is 21.3 Å². The maximum absolute atomic E-state index is 12.9. The summed E-state index contributed by atoms with van der Waals surface area (Å²) in [5, 5.41) is 2.71. The Labute approximate surface area is 219 Å². The number of nitrogens with zero attached hydrogens (tertiary/aromatic N) is 3. The number of ether oxygens (including phenoxy) is 2. The minimum atomic E-state index is -3.82. The highest BCUT2D eigenvalue weighted by atomic mass is 79.9. The van der Waals surface area contributed by atoms with Crippen LogP contribution in [-0.4, -0.2) is 44.2 Å². The Hall–Kier alpha value is -2.92. The van der Waals surface area contributed by atoms with Gasteiger partial charge in [-0.15, -0.1) is 8.78 Å². The topological polar surface area (TPSA) is 85.7 Å². The average Bonchev–Trinajstić information content (AvgIpc) is 3.12. The second-order valence-corrected chi connectivity index (χ2v) is 10.8. The molecule has 0 bridgehead atoms. The third kappa shape index (κ3) is 5.89. The number of amides is 2. The highest BCUT2D eigenvalue weighted by Gasteiger charge is 2.32. The van der Waals surface area contributed by atoms with Crippen LogP contribution in [-0.2, 0) is 11.3 Å². The van der Waals surface area contributed by atoms with Crippen molar-refractivity contribution in [3.05, 3.63) is 52.3 Å². The van der Waals surface area contributed by atoms with E-state index < -0.39 is 23.2 Å². The van der Waals surface area contributed by atoms with Gasteiger partial charge < -0.3 is 19.4 Å². The number of benzene rings is 2. The summed E-state index contributed by atoms with van der Waals surface area (Å²) in [5.74, 6) is 0.123. The molecule has 2 amide bonds. The first kappa shape index (κ1) is 26.2. The van der Waals surface area contributed by atoms with E-state index in [2.05, 4.69) is 26.0 Å². The van der Waals surface area contributed by atoms with E-state index in [0.29, 0.717) is 33.6 Å². The number of aromatic nitrogens is 2. The molecule has 0 saturated carbocycles. The lowest BCUT2D eigenvalue weighted by Crippen LogP contribution is -2.43. The first-order valence-electron chi connectivity index (χ1n) is 11.1. The Bertz CT molecular complexity index is 1320. The van der Waals surface area contributed by atoms with Crippen LogP contribution >= 0.6 is 27.5 Å². The van der Waals surface area contributed by atoms with Crippen LogP contribution in [0.15, 0.2) is 40.9 Å². The quantitative estimate of drug-likeness (QED) is 0.352. The molecule has 36 heavy (non-hydrogen) atoms. The van der Waals surface area contributed by atoms with Crippen molar-refractivity contribution < 1.29 is 27.8 Å². The third-order valence-corrected chi connectivity index (χ3v) is 6.01. The van der Waals surface area contributed by atoms with E-state index in [1.807, 2.05) is 32.3 Å². The maximum Gasteiger partial charge on any atom is 0.487 e. The zero-order chi connectivity index (χ0) is 26.4. The molecule has 0 unspecified atom stereocenters. The van der Waals surface area contributed by atoms with Crippen LogP contribution in [0, 0.1) is 0 Å². The number of halogens is 4. The van der Waals surface area contributed by atoms with Crippen molar-refractivity contribution in [2.75, 3.05) is 11.9 Å². The summed E-state index contributed by atoms with van der Waals surface area (Å²) in [4.78, 5) is 31.8. The Kier molecular flexibility index (Phi) is 6.91. The van der Waals surface area contributed by atoms with Crippen LogP contribution in [0.25, 0.3) is 11.0 Å². The zero-order valence-electron chi connectivity index (χ0n) is 19.9. The molecule has 0 spiro atoms. The third-order valence-electron chi connectivity index (χ3n) is 5.33. The van der Waals surface area contributed by atoms with E-state index in [-0.39, 0.29) is 18.3 Å². The SMILES string of the molecule is C[C@@H]1CN(C(=O)OC(C)(C)C)Cc2nc3cc(C(=O)Nc4ccc(OC(F)(F)Cl)cc4)cc(Br)c3n21. The smallest absolute Gasteiger partial charge is 0.444 e. The van der Waals surface area contributed by atoms with Crippen molar-refractivity contribution in [1.29, 1.82) is 0 Å². The van der Waals surface area contributed by atoms with Gasteiger partial charge in [-0.1, -0.05) is 0 Å². The molecule has 12 heteroatoms. The van der Waals surface area contributed by atoms with Crippen LogP contribution in [0.4, 0.5) is 19.3 Å². The largest absolute Gasteiger partial charge is 0.487 e. The van der Waals surface area contributed by atoms with Gasteiger partial charge in [-0.2, -0.15) is 0 Å². The molecule has 1 atom stereocenters. The highest BCUT2D eigenvalue weighted by molar-refractivity contribution is 9.10. The van der Waals surface area contributed by atoms with Gasteiger partial charge >= 0.3 is 11.7 Å². The summed E-state index contributed by atoms with van der Waals surface area (Å²) in [5.41, 5.74) is -2.29. The molecule has 0 saturated heterocycles. The Morgan fingerprint density at radius 2 is 1.86 bits per heavy atom. The lowest BCUT2D eigenvalue weighted by molar-refractivity contribution is -0.0964. The van der Waals surface area contributed by atoms with E-state index >= 15 is 0 Å². The van der Waals surface area contributed by atoms with Crippen molar-refractivity contribution in [1.82, 2.24) is 14.5 Å². The van der Waals surface area contributed by atoms with Gasteiger partial charge in [0.25, 0.3) is 5.91 Å². The van der Waals surface area contributed by atoms with Gasteiger partial charge in [0.15, 0.2) is 0 Å². The molecule has 2 aromatic carbocycles. The Morgan fingerprint density at radius 3 is 2.47 bits per heavy atom. The first-order chi connectivity index (χ1) is 16.7. The van der Waals surface area contributed by atoms with Crippen molar-refractivity contribution in [3.8, 4) is 5.75 Å². The second-order valence-electron chi connectivity index (χ2n) is 9.46. The molecular formula is C24H24BrClF2N4O4. The van der Waals surface area contributed by atoms with Gasteiger partial charge in [0, 0.05) is 33.9 Å². The molecule has 1 aromatic heterocycles. The molecule has 1 aliphatic rings. The number of alkyl halides is 3. The van der Waals surface area contributed by atoms with Crippen molar-refractivity contribution in [2.45, 2.75) is 51.5 Å². The van der Waals surface area contributed by atoms with Gasteiger partial charge in [-0.25, -0.2) is 9.78 Å². The van der Waals surface area contributed by atoms with Crippen LogP contribution in [0.3, 0.4) is 0 Å². The Balaban J connectivity index is 1.56. The summed E-state index contributed by atoms with van der Waals surface area (Å²) in [6, 6.07) is 8.67. The predicted octanol–water partition coefficient (Wildman–Crippen LogP) is 6.53. The van der Waals surface area contributed by atoms with Gasteiger partial charge in [0.1, 0.15) is 17.2 Å². The Morgan fingerprint density at radius 1 is 1.19 bits per heavy atom. The minimum absolute atomic E-state index is 0.0663. The molecule has 192 valence electrons. The predicted molar refractivity (Wildman–Crippen MR) is 135 cm³/mol. The number of fused-ring (bicyclic) bond motifs is 3. The number of anilines is 1. The number of hydrogen-bond acceptors (Lipinski definition) is 5. The lowest BCUT2D eigenvalue weighted by Gasteiger charge is -2.34.